The van der Waals surface area contributed by atoms with Gasteiger partial charge >= 0.3 is 5.97 Å². The molecule has 0 aliphatic carbocycles. The highest BCUT2D eigenvalue weighted by atomic mass is 79.9. The molecule has 1 aromatic carbocycles. The first-order valence-electron chi connectivity index (χ1n) is 6.66. The van der Waals surface area contributed by atoms with Gasteiger partial charge < -0.3 is 14.7 Å². The first-order valence-corrected chi connectivity index (χ1v) is 7.46. The van der Waals surface area contributed by atoms with Crippen LogP contribution in [-0.4, -0.2) is 36.9 Å². The van der Waals surface area contributed by atoms with Crippen LogP contribution in [0.25, 0.3) is 6.08 Å². The van der Waals surface area contributed by atoms with Crippen molar-refractivity contribution in [2.75, 3.05) is 24.7 Å². The lowest BCUT2D eigenvalue weighted by Gasteiger charge is -2.37. The molecule has 1 fully saturated rings. The molecule has 1 aliphatic heterocycles. The lowest BCUT2D eigenvalue weighted by atomic mass is 10.1. The van der Waals surface area contributed by atoms with Gasteiger partial charge in [-0.1, -0.05) is 28.9 Å². The predicted octanol–water partition coefficient (Wildman–Crippen LogP) is 3.16. The number of ether oxygens (including phenoxy) is 1. The zero-order chi connectivity index (χ0) is 14.5. The second-order valence-electron chi connectivity index (χ2n) is 4.71. The molecule has 1 atom stereocenters. The Bertz CT molecular complexity index is 516. The maximum Gasteiger partial charge on any atom is 0.328 e. The summed E-state index contributed by atoms with van der Waals surface area (Å²) >= 11 is 3.50. The van der Waals surface area contributed by atoms with Crippen molar-refractivity contribution in [3.8, 4) is 0 Å². The first-order chi connectivity index (χ1) is 9.61. The van der Waals surface area contributed by atoms with Crippen molar-refractivity contribution in [1.29, 1.82) is 0 Å². The summed E-state index contributed by atoms with van der Waals surface area (Å²) in [5.74, 6) is -0.944. The van der Waals surface area contributed by atoms with Gasteiger partial charge in [-0.25, -0.2) is 4.79 Å². The molecule has 2 rings (SSSR count). The maximum absolute atomic E-state index is 10.6. The standard InChI is InChI=1S/C15H18BrNO3/c1-2-12-10-20-8-7-17(12)13-5-3-11(14(16)9-13)4-6-15(18)19/h3-6,9,12H,2,7-8,10H2,1H3,(H,18,19)/b6-4+. The highest BCUT2D eigenvalue weighted by molar-refractivity contribution is 9.10. The predicted molar refractivity (Wildman–Crippen MR) is 83.1 cm³/mol. The van der Waals surface area contributed by atoms with Gasteiger partial charge in [0.05, 0.1) is 19.3 Å². The smallest absolute Gasteiger partial charge is 0.328 e. The fraction of sp³-hybridized carbons (Fsp3) is 0.400. The number of rotatable bonds is 4. The summed E-state index contributed by atoms with van der Waals surface area (Å²) in [6, 6.07) is 6.40. The molecular weight excluding hydrogens is 322 g/mol. The van der Waals surface area contributed by atoms with Crippen LogP contribution in [0.5, 0.6) is 0 Å². The number of morpholine rings is 1. The maximum atomic E-state index is 10.6. The Morgan fingerprint density at radius 1 is 1.60 bits per heavy atom. The largest absolute Gasteiger partial charge is 0.478 e. The van der Waals surface area contributed by atoms with E-state index >= 15 is 0 Å². The van der Waals surface area contributed by atoms with E-state index in [2.05, 4.69) is 27.8 Å². The van der Waals surface area contributed by atoms with E-state index in [1.807, 2.05) is 18.2 Å². The Balaban J connectivity index is 2.21. The Labute approximate surface area is 127 Å². The molecular formula is C15H18BrNO3. The zero-order valence-corrected chi connectivity index (χ0v) is 13.0. The molecule has 1 N–H and O–H groups in total. The summed E-state index contributed by atoms with van der Waals surface area (Å²) in [4.78, 5) is 12.9. The molecule has 0 spiro atoms. The number of carboxylic acids is 1. The van der Waals surface area contributed by atoms with Crippen LogP contribution < -0.4 is 4.90 Å². The molecule has 1 aliphatic rings. The number of aliphatic carboxylic acids is 1. The van der Waals surface area contributed by atoms with Crippen molar-refractivity contribution in [2.45, 2.75) is 19.4 Å². The Morgan fingerprint density at radius 3 is 3.05 bits per heavy atom. The average molecular weight is 340 g/mol. The van der Waals surface area contributed by atoms with Crippen LogP contribution in [0.1, 0.15) is 18.9 Å². The lowest BCUT2D eigenvalue weighted by Crippen LogP contribution is -2.45. The molecule has 1 aromatic rings. The van der Waals surface area contributed by atoms with E-state index in [4.69, 9.17) is 9.84 Å². The van der Waals surface area contributed by atoms with E-state index in [1.54, 1.807) is 6.08 Å². The van der Waals surface area contributed by atoms with Crippen molar-refractivity contribution < 1.29 is 14.6 Å². The number of anilines is 1. The molecule has 1 heterocycles. The molecule has 20 heavy (non-hydrogen) atoms. The van der Waals surface area contributed by atoms with E-state index in [0.29, 0.717) is 6.04 Å². The van der Waals surface area contributed by atoms with Crippen LogP contribution in [0.2, 0.25) is 0 Å². The van der Waals surface area contributed by atoms with Gasteiger partial charge in [-0.3, -0.25) is 0 Å². The number of halogens is 1. The fourth-order valence-corrected chi connectivity index (χ4v) is 2.82. The molecule has 0 saturated carbocycles. The van der Waals surface area contributed by atoms with Crippen LogP contribution in [0.4, 0.5) is 5.69 Å². The highest BCUT2D eigenvalue weighted by Gasteiger charge is 2.21. The number of hydrogen-bond acceptors (Lipinski definition) is 3. The third-order valence-electron chi connectivity index (χ3n) is 3.42. The van der Waals surface area contributed by atoms with Gasteiger partial charge in [0.2, 0.25) is 0 Å². The van der Waals surface area contributed by atoms with Crippen molar-refractivity contribution in [3.63, 3.8) is 0 Å². The summed E-state index contributed by atoms with van der Waals surface area (Å²) in [5.41, 5.74) is 2.00. The van der Waals surface area contributed by atoms with Gasteiger partial charge in [-0.05, 0) is 30.2 Å². The molecule has 1 unspecified atom stereocenters. The molecule has 0 bridgehead atoms. The number of hydrogen-bond donors (Lipinski definition) is 1. The Morgan fingerprint density at radius 2 is 2.40 bits per heavy atom. The Kier molecular flexibility index (Phi) is 5.20. The minimum atomic E-state index is -0.944. The lowest BCUT2D eigenvalue weighted by molar-refractivity contribution is -0.131. The minimum Gasteiger partial charge on any atom is -0.478 e. The summed E-state index contributed by atoms with van der Waals surface area (Å²) in [6.45, 7) is 4.55. The van der Waals surface area contributed by atoms with Crippen molar-refractivity contribution in [2.24, 2.45) is 0 Å². The van der Waals surface area contributed by atoms with E-state index in [-0.39, 0.29) is 0 Å². The van der Waals surface area contributed by atoms with E-state index in [9.17, 15) is 4.79 Å². The first kappa shape index (κ1) is 15.1. The Hall–Kier alpha value is -1.33. The minimum absolute atomic E-state index is 0.399. The number of carboxylic acid groups (broad SMARTS) is 1. The third-order valence-corrected chi connectivity index (χ3v) is 4.11. The van der Waals surface area contributed by atoms with E-state index in [1.165, 1.54) is 0 Å². The second-order valence-corrected chi connectivity index (χ2v) is 5.56. The van der Waals surface area contributed by atoms with E-state index < -0.39 is 5.97 Å². The summed E-state index contributed by atoms with van der Waals surface area (Å²) in [7, 11) is 0. The van der Waals surface area contributed by atoms with Crippen LogP contribution in [0, 0.1) is 0 Å². The number of carbonyl (C=O) groups is 1. The van der Waals surface area contributed by atoms with Gasteiger partial charge in [0, 0.05) is 22.8 Å². The summed E-state index contributed by atoms with van der Waals surface area (Å²) < 4.78 is 6.41. The third kappa shape index (κ3) is 3.61. The topological polar surface area (TPSA) is 49.8 Å². The number of nitrogens with zero attached hydrogens (tertiary/aromatic N) is 1. The molecule has 5 heteroatoms. The molecule has 1 saturated heterocycles. The monoisotopic (exact) mass is 339 g/mol. The molecule has 0 amide bonds. The van der Waals surface area contributed by atoms with Gasteiger partial charge in [-0.15, -0.1) is 0 Å². The fourth-order valence-electron chi connectivity index (χ4n) is 2.32. The van der Waals surface area contributed by atoms with Crippen molar-refractivity contribution in [1.82, 2.24) is 0 Å². The van der Waals surface area contributed by atoms with Gasteiger partial charge in [0.1, 0.15) is 0 Å². The summed E-state index contributed by atoms with van der Waals surface area (Å²) in [5, 5.41) is 8.67. The van der Waals surface area contributed by atoms with E-state index in [0.717, 1.165) is 48.0 Å². The second kappa shape index (κ2) is 6.90. The van der Waals surface area contributed by atoms with Crippen LogP contribution in [-0.2, 0) is 9.53 Å². The summed E-state index contributed by atoms with van der Waals surface area (Å²) in [6.07, 6.45) is 3.77. The molecule has 108 valence electrons. The average Bonchev–Trinajstić information content (AvgIpc) is 2.45. The van der Waals surface area contributed by atoms with Crippen LogP contribution in [0.15, 0.2) is 28.7 Å². The number of benzene rings is 1. The quantitative estimate of drug-likeness (QED) is 0.856. The van der Waals surface area contributed by atoms with Crippen LogP contribution in [0.3, 0.4) is 0 Å². The normalized spacial score (nSPS) is 19.5. The highest BCUT2D eigenvalue weighted by Crippen LogP contribution is 2.28. The van der Waals surface area contributed by atoms with Crippen molar-refractivity contribution >= 4 is 33.7 Å². The van der Waals surface area contributed by atoms with Crippen LogP contribution >= 0.6 is 15.9 Å². The molecule has 4 nitrogen and oxygen atoms in total. The zero-order valence-electron chi connectivity index (χ0n) is 11.4. The van der Waals surface area contributed by atoms with Crippen molar-refractivity contribution in [3.05, 3.63) is 34.3 Å². The SMILES string of the molecule is CCC1COCCN1c1ccc(/C=C/C(=O)O)c(Br)c1. The van der Waals surface area contributed by atoms with Gasteiger partial charge in [0.25, 0.3) is 0 Å². The van der Waals surface area contributed by atoms with Gasteiger partial charge in [-0.2, -0.15) is 0 Å². The van der Waals surface area contributed by atoms with Gasteiger partial charge in [0.15, 0.2) is 0 Å². The molecule has 0 radical (unpaired) electrons. The molecule has 0 aromatic heterocycles.